The lowest BCUT2D eigenvalue weighted by Crippen LogP contribution is -2.34. The van der Waals surface area contributed by atoms with Crippen LogP contribution in [0.15, 0.2) is 23.3 Å². The maximum Gasteiger partial charge on any atom is 0.257 e. The van der Waals surface area contributed by atoms with Crippen molar-refractivity contribution in [2.24, 2.45) is 0 Å². The number of ketones is 1. The Morgan fingerprint density at radius 3 is 2.00 bits per heavy atom. The van der Waals surface area contributed by atoms with Crippen molar-refractivity contribution in [3.8, 4) is 0 Å². The molecular formula is C9H11NO3. The topological polar surface area (TPSA) is 60.2 Å². The van der Waals surface area contributed by atoms with Gasteiger partial charge in [-0.15, -0.1) is 0 Å². The molecule has 4 heteroatoms. The second-order valence-corrected chi connectivity index (χ2v) is 3.47. The minimum atomic E-state index is -1.22. The average molecular weight is 181 g/mol. The first-order valence-electron chi connectivity index (χ1n) is 3.95. The number of Topliss-reactive ketones (excluding diaryl/α,β-unsaturated/α-hetero) is 1. The van der Waals surface area contributed by atoms with Crippen LogP contribution in [0.4, 0.5) is 0 Å². The van der Waals surface area contributed by atoms with Crippen molar-refractivity contribution in [3.05, 3.63) is 33.4 Å². The molecule has 0 saturated carbocycles. The van der Waals surface area contributed by atoms with Gasteiger partial charge in [0.05, 0.1) is 0 Å². The fourth-order valence-electron chi connectivity index (χ4n) is 1.47. The molecule has 0 saturated heterocycles. The molecule has 0 bridgehead atoms. The maximum absolute atomic E-state index is 11.3. The average Bonchev–Trinajstić information content (AvgIpc) is 2.00. The van der Waals surface area contributed by atoms with Gasteiger partial charge in [0.15, 0.2) is 5.78 Å². The molecule has 0 amide bonds. The normalized spacial score (nSPS) is 20.7. The zero-order valence-corrected chi connectivity index (χ0v) is 7.83. The number of rotatable bonds is 1. The molecule has 13 heavy (non-hydrogen) atoms. The van der Waals surface area contributed by atoms with Gasteiger partial charge in [-0.3, -0.25) is 14.9 Å². The van der Waals surface area contributed by atoms with E-state index in [-0.39, 0.29) is 5.78 Å². The number of nitro groups is 1. The molecule has 0 spiro atoms. The molecule has 0 atom stereocenters. The van der Waals surface area contributed by atoms with Crippen molar-refractivity contribution in [2.45, 2.75) is 26.3 Å². The highest BCUT2D eigenvalue weighted by Gasteiger charge is 2.36. The third-order valence-corrected chi connectivity index (χ3v) is 2.13. The summed E-state index contributed by atoms with van der Waals surface area (Å²) >= 11 is 0. The van der Waals surface area contributed by atoms with Crippen LogP contribution in [-0.4, -0.2) is 16.2 Å². The molecule has 0 aliphatic heterocycles. The molecule has 0 aromatic carbocycles. The number of nitrogens with zero attached hydrogens (tertiary/aromatic N) is 1. The molecule has 0 unspecified atom stereocenters. The van der Waals surface area contributed by atoms with Crippen LogP contribution < -0.4 is 0 Å². The summed E-state index contributed by atoms with van der Waals surface area (Å²) < 4.78 is 0. The van der Waals surface area contributed by atoms with E-state index < -0.39 is 10.5 Å². The van der Waals surface area contributed by atoms with Crippen LogP contribution in [0.2, 0.25) is 0 Å². The van der Waals surface area contributed by atoms with E-state index in [0.29, 0.717) is 11.1 Å². The van der Waals surface area contributed by atoms with Gasteiger partial charge in [-0.1, -0.05) is 0 Å². The molecule has 0 aromatic rings. The first-order chi connectivity index (χ1) is 5.87. The van der Waals surface area contributed by atoms with E-state index >= 15 is 0 Å². The first-order valence-corrected chi connectivity index (χ1v) is 3.95. The Morgan fingerprint density at radius 2 is 1.69 bits per heavy atom. The van der Waals surface area contributed by atoms with E-state index in [4.69, 9.17) is 0 Å². The van der Waals surface area contributed by atoms with Gasteiger partial charge < -0.3 is 0 Å². The molecule has 4 nitrogen and oxygen atoms in total. The van der Waals surface area contributed by atoms with Crippen molar-refractivity contribution in [3.63, 3.8) is 0 Å². The third kappa shape index (κ3) is 1.52. The van der Waals surface area contributed by atoms with Gasteiger partial charge in [0.1, 0.15) is 0 Å². The highest BCUT2D eigenvalue weighted by atomic mass is 16.6. The number of carbonyl (C=O) groups excluding carboxylic acids is 1. The van der Waals surface area contributed by atoms with E-state index in [9.17, 15) is 14.9 Å². The molecule has 1 aliphatic carbocycles. The third-order valence-electron chi connectivity index (χ3n) is 2.13. The van der Waals surface area contributed by atoms with Gasteiger partial charge in [0.25, 0.3) is 5.54 Å². The van der Waals surface area contributed by atoms with Crippen molar-refractivity contribution >= 4 is 5.78 Å². The molecule has 0 N–H and O–H groups in total. The molecule has 1 rings (SSSR count). The Balaban J connectivity index is 3.20. The SMILES string of the molecule is CC1=CC(C)([N+](=O)[O-])C=C(C)C1=O. The number of carbonyl (C=O) groups is 1. The summed E-state index contributed by atoms with van der Waals surface area (Å²) in [5, 5.41) is 10.7. The summed E-state index contributed by atoms with van der Waals surface area (Å²) in [6, 6.07) is 0. The second kappa shape index (κ2) is 2.80. The van der Waals surface area contributed by atoms with Crippen molar-refractivity contribution in [2.75, 3.05) is 0 Å². The van der Waals surface area contributed by atoms with Crippen LogP contribution in [-0.2, 0) is 4.79 Å². The Labute approximate surface area is 76.1 Å². The molecule has 0 heterocycles. The number of hydrogen-bond donors (Lipinski definition) is 0. The first kappa shape index (κ1) is 9.64. The van der Waals surface area contributed by atoms with Gasteiger partial charge in [-0.2, -0.15) is 0 Å². The summed E-state index contributed by atoms with van der Waals surface area (Å²) in [4.78, 5) is 21.6. The predicted molar refractivity (Wildman–Crippen MR) is 47.9 cm³/mol. The van der Waals surface area contributed by atoms with E-state index in [0.717, 1.165) is 0 Å². The predicted octanol–water partition coefficient (Wildman–Crippen LogP) is 1.50. The van der Waals surface area contributed by atoms with Gasteiger partial charge >= 0.3 is 0 Å². The van der Waals surface area contributed by atoms with Crippen molar-refractivity contribution in [1.82, 2.24) is 0 Å². The zero-order chi connectivity index (χ0) is 10.2. The highest BCUT2D eigenvalue weighted by Crippen LogP contribution is 2.24. The van der Waals surface area contributed by atoms with Crippen LogP contribution in [0, 0.1) is 10.1 Å². The lowest BCUT2D eigenvalue weighted by molar-refractivity contribution is -0.536. The lowest BCUT2D eigenvalue weighted by Gasteiger charge is -2.19. The minimum absolute atomic E-state index is 0.112. The summed E-state index contributed by atoms with van der Waals surface area (Å²) in [5.74, 6) is -0.112. The van der Waals surface area contributed by atoms with Gasteiger partial charge in [0, 0.05) is 35.1 Å². The largest absolute Gasteiger partial charge is 0.289 e. The Kier molecular flexibility index (Phi) is 2.07. The van der Waals surface area contributed by atoms with Gasteiger partial charge in [0.2, 0.25) is 0 Å². The molecule has 0 radical (unpaired) electrons. The monoisotopic (exact) mass is 181 g/mol. The fraction of sp³-hybridized carbons (Fsp3) is 0.444. The van der Waals surface area contributed by atoms with Crippen LogP contribution >= 0.6 is 0 Å². The lowest BCUT2D eigenvalue weighted by atomic mass is 9.88. The molecule has 0 aromatic heterocycles. The zero-order valence-electron chi connectivity index (χ0n) is 7.83. The summed E-state index contributed by atoms with van der Waals surface area (Å²) in [6.45, 7) is 4.67. The standard InChI is InChI=1S/C9H11NO3/c1-6-4-9(3,10(12)13)5-7(2)8(6)11/h4-5H,1-3H3. The van der Waals surface area contributed by atoms with Crippen molar-refractivity contribution < 1.29 is 9.72 Å². The second-order valence-electron chi connectivity index (χ2n) is 3.47. The van der Waals surface area contributed by atoms with E-state index in [1.165, 1.54) is 19.1 Å². The quantitative estimate of drug-likeness (QED) is 0.455. The molecular weight excluding hydrogens is 170 g/mol. The Hall–Kier alpha value is -1.45. The van der Waals surface area contributed by atoms with Gasteiger partial charge in [-0.25, -0.2) is 0 Å². The number of hydrogen-bond acceptors (Lipinski definition) is 3. The van der Waals surface area contributed by atoms with E-state index in [1.807, 2.05) is 0 Å². The minimum Gasteiger partial charge on any atom is -0.289 e. The van der Waals surface area contributed by atoms with Crippen LogP contribution in [0.1, 0.15) is 20.8 Å². The summed E-state index contributed by atoms with van der Waals surface area (Å²) in [6.07, 6.45) is 2.78. The molecule has 1 aliphatic rings. The van der Waals surface area contributed by atoms with E-state index in [2.05, 4.69) is 0 Å². The van der Waals surface area contributed by atoms with Crippen molar-refractivity contribution in [1.29, 1.82) is 0 Å². The molecule has 0 fully saturated rings. The van der Waals surface area contributed by atoms with Crippen LogP contribution in [0.3, 0.4) is 0 Å². The molecule has 70 valence electrons. The fourth-order valence-corrected chi connectivity index (χ4v) is 1.47. The van der Waals surface area contributed by atoms with Gasteiger partial charge in [-0.05, 0) is 13.8 Å². The van der Waals surface area contributed by atoms with Crippen LogP contribution in [0.25, 0.3) is 0 Å². The smallest absolute Gasteiger partial charge is 0.257 e. The summed E-state index contributed by atoms with van der Waals surface area (Å²) in [7, 11) is 0. The Morgan fingerprint density at radius 1 is 1.31 bits per heavy atom. The highest BCUT2D eigenvalue weighted by molar-refractivity contribution is 6.08. The maximum atomic E-state index is 11.3. The Bertz CT molecular complexity index is 317. The van der Waals surface area contributed by atoms with Crippen LogP contribution in [0.5, 0.6) is 0 Å². The summed E-state index contributed by atoms with van der Waals surface area (Å²) in [5.41, 5.74) is -0.333. The van der Waals surface area contributed by atoms with E-state index in [1.54, 1.807) is 13.8 Å². The number of allylic oxidation sites excluding steroid dienone is 2.